The van der Waals surface area contributed by atoms with Gasteiger partial charge in [-0.3, -0.25) is 9.59 Å². The highest BCUT2D eigenvalue weighted by Gasteiger charge is 2.28. The normalized spacial score (nSPS) is 14.8. The van der Waals surface area contributed by atoms with E-state index in [2.05, 4.69) is 10.6 Å². The number of likely N-dealkylation sites (N-methyl/N-ethyl adjacent to an activating group) is 1. The van der Waals surface area contributed by atoms with Gasteiger partial charge in [0.15, 0.2) is 6.61 Å². The molecule has 1 saturated heterocycles. The van der Waals surface area contributed by atoms with Gasteiger partial charge < -0.3 is 20.3 Å². The lowest BCUT2D eigenvalue weighted by Gasteiger charge is -2.31. The Morgan fingerprint density at radius 3 is 2.67 bits per heavy atom. The van der Waals surface area contributed by atoms with E-state index in [9.17, 15) is 9.59 Å². The molecule has 7 heteroatoms. The van der Waals surface area contributed by atoms with Crippen LogP contribution >= 0.6 is 12.4 Å². The van der Waals surface area contributed by atoms with Gasteiger partial charge in [-0.25, -0.2) is 0 Å². The number of benzene rings is 1. The number of amides is 2. The van der Waals surface area contributed by atoms with Gasteiger partial charge in [-0.15, -0.1) is 12.4 Å². The Labute approximate surface area is 149 Å². The molecule has 1 atom stereocenters. The number of nitrogens with zero attached hydrogens (tertiary/aromatic N) is 1. The molecule has 2 N–H and O–H groups in total. The highest BCUT2D eigenvalue weighted by atomic mass is 35.5. The van der Waals surface area contributed by atoms with Crippen molar-refractivity contribution < 1.29 is 14.3 Å². The molecule has 24 heavy (non-hydrogen) atoms. The lowest BCUT2D eigenvalue weighted by molar-refractivity contribution is -0.130. The molecule has 1 heterocycles. The first-order valence-corrected chi connectivity index (χ1v) is 7.87. The van der Waals surface area contributed by atoms with Gasteiger partial charge in [-0.2, -0.15) is 0 Å². The predicted octanol–water partition coefficient (Wildman–Crippen LogP) is 1.05. The Hall–Kier alpha value is -1.79. The molecule has 1 aromatic rings. The van der Waals surface area contributed by atoms with Crippen molar-refractivity contribution in [3.05, 3.63) is 29.8 Å². The van der Waals surface area contributed by atoms with Crippen LogP contribution in [-0.2, 0) is 16.1 Å². The molecule has 1 fully saturated rings. The molecule has 0 bridgehead atoms. The molecule has 1 aliphatic rings. The van der Waals surface area contributed by atoms with E-state index in [4.69, 9.17) is 4.74 Å². The number of ether oxygens (including phenoxy) is 1. The first-order chi connectivity index (χ1) is 11.0. The van der Waals surface area contributed by atoms with Crippen molar-refractivity contribution in [3.8, 4) is 5.75 Å². The van der Waals surface area contributed by atoms with Gasteiger partial charge in [0.2, 0.25) is 5.91 Å². The number of carbonyl (C=O) groups excluding carboxylic acids is 2. The molecule has 0 spiro atoms. The molecular weight excluding hydrogens is 330 g/mol. The molecule has 0 saturated carbocycles. The van der Waals surface area contributed by atoms with Gasteiger partial charge in [0.1, 0.15) is 5.75 Å². The second kappa shape index (κ2) is 9.49. The lowest BCUT2D eigenvalue weighted by atomic mass is 9.88. The summed E-state index contributed by atoms with van der Waals surface area (Å²) in [5.41, 5.74) is 0.951. The first-order valence-electron chi connectivity index (χ1n) is 7.87. The summed E-state index contributed by atoms with van der Waals surface area (Å²) in [6.45, 7) is 4.26. The average molecular weight is 356 g/mol. The van der Waals surface area contributed by atoms with Gasteiger partial charge in [0, 0.05) is 26.6 Å². The fourth-order valence-electron chi connectivity index (χ4n) is 2.25. The Morgan fingerprint density at radius 2 is 2.08 bits per heavy atom. The highest BCUT2D eigenvalue weighted by molar-refractivity contribution is 5.85. The van der Waals surface area contributed by atoms with Crippen LogP contribution in [0.1, 0.15) is 12.5 Å². The summed E-state index contributed by atoms with van der Waals surface area (Å²) < 4.78 is 5.48. The molecule has 0 radical (unpaired) electrons. The zero-order valence-electron chi connectivity index (χ0n) is 14.4. The van der Waals surface area contributed by atoms with Crippen molar-refractivity contribution in [1.29, 1.82) is 0 Å². The van der Waals surface area contributed by atoms with Crippen LogP contribution in [0.3, 0.4) is 0 Å². The van der Waals surface area contributed by atoms with Crippen LogP contribution in [0.15, 0.2) is 24.3 Å². The van der Waals surface area contributed by atoms with Crippen LogP contribution < -0.4 is 15.4 Å². The Balaban J connectivity index is 0.00000288. The maximum Gasteiger partial charge on any atom is 0.259 e. The minimum Gasteiger partial charge on any atom is -0.484 e. The van der Waals surface area contributed by atoms with E-state index < -0.39 is 0 Å². The zero-order valence-corrected chi connectivity index (χ0v) is 15.2. The van der Waals surface area contributed by atoms with Gasteiger partial charge in [0.05, 0.1) is 0 Å². The predicted molar refractivity (Wildman–Crippen MR) is 95.2 cm³/mol. The maximum absolute atomic E-state index is 12.1. The van der Waals surface area contributed by atoms with E-state index >= 15 is 0 Å². The topological polar surface area (TPSA) is 70.7 Å². The van der Waals surface area contributed by atoms with E-state index in [-0.39, 0.29) is 36.7 Å². The molecule has 2 amide bonds. The minimum atomic E-state index is -0.0911. The Bertz CT molecular complexity index is 562. The molecular formula is C17H26ClN3O3. The number of halogens is 1. The molecule has 1 aromatic carbocycles. The quantitative estimate of drug-likeness (QED) is 0.767. The third-order valence-electron chi connectivity index (χ3n) is 4.16. The molecule has 134 valence electrons. The summed E-state index contributed by atoms with van der Waals surface area (Å²) in [6, 6.07) is 7.43. The number of hydrogen-bond donors (Lipinski definition) is 2. The third kappa shape index (κ3) is 5.69. The smallest absolute Gasteiger partial charge is 0.259 e. The van der Waals surface area contributed by atoms with E-state index in [1.165, 1.54) is 4.90 Å². The van der Waals surface area contributed by atoms with Crippen LogP contribution in [0.4, 0.5) is 0 Å². The number of nitrogens with one attached hydrogen (secondary N) is 2. The zero-order chi connectivity index (χ0) is 16.8. The monoisotopic (exact) mass is 355 g/mol. The molecule has 0 aliphatic carbocycles. The molecule has 1 aliphatic heterocycles. The van der Waals surface area contributed by atoms with E-state index in [1.54, 1.807) is 20.2 Å². The molecule has 2 rings (SSSR count). The molecule has 1 unspecified atom stereocenters. The number of hydrogen-bond acceptors (Lipinski definition) is 4. The SMILES string of the molecule is CC(C(=O)NCc1cccc(OCC(=O)N(C)C)c1)C1CNC1.Cl. The van der Waals surface area contributed by atoms with Crippen LogP contribution in [0.25, 0.3) is 0 Å². The minimum absolute atomic E-state index is 0. The van der Waals surface area contributed by atoms with Gasteiger partial charge in [0.25, 0.3) is 5.91 Å². The fraction of sp³-hybridized carbons (Fsp3) is 0.529. The van der Waals surface area contributed by atoms with E-state index in [0.29, 0.717) is 18.2 Å². The summed E-state index contributed by atoms with van der Waals surface area (Å²) >= 11 is 0. The summed E-state index contributed by atoms with van der Waals surface area (Å²) in [6.07, 6.45) is 0. The van der Waals surface area contributed by atoms with Crippen molar-refractivity contribution >= 4 is 24.2 Å². The van der Waals surface area contributed by atoms with Crippen molar-refractivity contribution in [1.82, 2.24) is 15.5 Å². The summed E-state index contributed by atoms with van der Waals surface area (Å²) in [5.74, 6) is 1.07. The van der Waals surface area contributed by atoms with Crippen LogP contribution in [0, 0.1) is 11.8 Å². The lowest BCUT2D eigenvalue weighted by Crippen LogP contribution is -2.49. The van der Waals surface area contributed by atoms with E-state index in [1.807, 2.05) is 25.1 Å². The van der Waals surface area contributed by atoms with Crippen molar-refractivity contribution in [2.75, 3.05) is 33.8 Å². The second-order valence-electron chi connectivity index (χ2n) is 6.15. The van der Waals surface area contributed by atoms with Crippen molar-refractivity contribution in [2.45, 2.75) is 13.5 Å². The number of carbonyl (C=O) groups is 2. The van der Waals surface area contributed by atoms with Gasteiger partial charge in [-0.1, -0.05) is 19.1 Å². The average Bonchev–Trinajstić information content (AvgIpc) is 2.48. The Morgan fingerprint density at radius 1 is 1.38 bits per heavy atom. The third-order valence-corrected chi connectivity index (χ3v) is 4.16. The van der Waals surface area contributed by atoms with Crippen LogP contribution in [0.2, 0.25) is 0 Å². The first kappa shape index (κ1) is 20.3. The Kier molecular flexibility index (Phi) is 8.01. The van der Waals surface area contributed by atoms with Gasteiger partial charge >= 0.3 is 0 Å². The molecule has 0 aromatic heterocycles. The molecule has 6 nitrogen and oxygen atoms in total. The summed E-state index contributed by atoms with van der Waals surface area (Å²) in [7, 11) is 3.38. The van der Waals surface area contributed by atoms with Crippen LogP contribution in [0.5, 0.6) is 5.75 Å². The second-order valence-corrected chi connectivity index (χ2v) is 6.15. The maximum atomic E-state index is 12.1. The van der Waals surface area contributed by atoms with E-state index in [0.717, 1.165) is 18.7 Å². The van der Waals surface area contributed by atoms with Crippen molar-refractivity contribution in [2.24, 2.45) is 11.8 Å². The standard InChI is InChI=1S/C17H25N3O3.ClH/c1-12(14-9-18-10-14)17(22)19-8-13-5-4-6-15(7-13)23-11-16(21)20(2)3;/h4-7,12,14,18H,8-11H2,1-3H3,(H,19,22);1H. The fourth-order valence-corrected chi connectivity index (χ4v) is 2.25. The summed E-state index contributed by atoms with van der Waals surface area (Å²) in [5, 5.41) is 6.14. The highest BCUT2D eigenvalue weighted by Crippen LogP contribution is 2.17. The summed E-state index contributed by atoms with van der Waals surface area (Å²) in [4.78, 5) is 25.1. The number of rotatable bonds is 7. The largest absolute Gasteiger partial charge is 0.484 e. The van der Waals surface area contributed by atoms with Crippen molar-refractivity contribution in [3.63, 3.8) is 0 Å². The van der Waals surface area contributed by atoms with Crippen LogP contribution in [-0.4, -0.2) is 50.5 Å². The van der Waals surface area contributed by atoms with Gasteiger partial charge in [-0.05, 0) is 36.7 Å².